The number of nitrogens with zero attached hydrogens (tertiary/aromatic N) is 1. The Hall–Kier alpha value is -0.570. The molecule has 0 saturated carbocycles. The van der Waals surface area contributed by atoms with Crippen molar-refractivity contribution >= 4 is 11.6 Å². The first-order valence-electron chi connectivity index (χ1n) is 5.80. The van der Waals surface area contributed by atoms with Crippen LogP contribution in [0.15, 0.2) is 30.3 Å². The van der Waals surface area contributed by atoms with Crippen molar-refractivity contribution in [3.05, 3.63) is 35.9 Å². The Morgan fingerprint density at radius 2 is 2.06 bits per heavy atom. The van der Waals surface area contributed by atoms with Crippen molar-refractivity contribution in [3.8, 4) is 0 Å². The highest BCUT2D eigenvalue weighted by atomic mass is 35.5. The van der Waals surface area contributed by atoms with E-state index in [4.69, 9.17) is 11.6 Å². The highest BCUT2D eigenvalue weighted by Gasteiger charge is 2.26. The van der Waals surface area contributed by atoms with Crippen molar-refractivity contribution < 1.29 is 5.11 Å². The molecule has 0 amide bonds. The SMILES string of the molecule is O[C@@H]1CCN(Cc2ccccc2)C[C@H]1CCl. The molecule has 0 aliphatic carbocycles. The fourth-order valence-electron chi connectivity index (χ4n) is 2.23. The Kier molecular flexibility index (Phi) is 4.22. The Morgan fingerprint density at radius 1 is 1.31 bits per heavy atom. The highest BCUT2D eigenvalue weighted by Crippen LogP contribution is 2.20. The highest BCUT2D eigenvalue weighted by molar-refractivity contribution is 6.18. The fraction of sp³-hybridized carbons (Fsp3) is 0.538. The van der Waals surface area contributed by atoms with Gasteiger partial charge in [0, 0.05) is 31.4 Å². The molecule has 1 fully saturated rings. The zero-order chi connectivity index (χ0) is 11.4. The number of aliphatic hydroxyl groups is 1. The summed E-state index contributed by atoms with van der Waals surface area (Å²) in [6.45, 7) is 2.82. The number of benzene rings is 1. The Balaban J connectivity index is 1.92. The lowest BCUT2D eigenvalue weighted by Crippen LogP contribution is -2.43. The van der Waals surface area contributed by atoms with Gasteiger partial charge in [-0.25, -0.2) is 0 Å². The van der Waals surface area contributed by atoms with Crippen molar-refractivity contribution in [1.82, 2.24) is 4.90 Å². The summed E-state index contributed by atoms with van der Waals surface area (Å²) in [6, 6.07) is 10.4. The Morgan fingerprint density at radius 3 is 2.75 bits per heavy atom. The number of hydrogen-bond donors (Lipinski definition) is 1. The maximum Gasteiger partial charge on any atom is 0.0604 e. The zero-order valence-corrected chi connectivity index (χ0v) is 10.1. The summed E-state index contributed by atoms with van der Waals surface area (Å²) in [7, 11) is 0. The second-order valence-corrected chi connectivity index (χ2v) is 4.80. The van der Waals surface area contributed by atoms with Gasteiger partial charge in [-0.05, 0) is 12.0 Å². The molecule has 2 atom stereocenters. The molecule has 1 heterocycles. The van der Waals surface area contributed by atoms with E-state index in [1.54, 1.807) is 0 Å². The summed E-state index contributed by atoms with van der Waals surface area (Å²) in [6.07, 6.45) is 0.619. The van der Waals surface area contributed by atoms with Crippen LogP contribution < -0.4 is 0 Å². The van der Waals surface area contributed by atoms with E-state index in [1.165, 1.54) is 5.56 Å². The van der Waals surface area contributed by atoms with E-state index in [0.29, 0.717) is 5.88 Å². The topological polar surface area (TPSA) is 23.5 Å². The van der Waals surface area contributed by atoms with E-state index in [2.05, 4.69) is 29.2 Å². The van der Waals surface area contributed by atoms with Crippen molar-refractivity contribution in [2.24, 2.45) is 5.92 Å². The molecule has 3 heteroatoms. The number of aliphatic hydroxyl groups excluding tert-OH is 1. The van der Waals surface area contributed by atoms with E-state index >= 15 is 0 Å². The molecule has 0 aromatic heterocycles. The molecule has 0 bridgehead atoms. The maximum atomic E-state index is 9.74. The molecular formula is C13H18ClNO. The molecule has 88 valence electrons. The van der Waals surface area contributed by atoms with Gasteiger partial charge >= 0.3 is 0 Å². The van der Waals surface area contributed by atoms with Crippen LogP contribution in [0.1, 0.15) is 12.0 Å². The van der Waals surface area contributed by atoms with Crippen molar-refractivity contribution in [3.63, 3.8) is 0 Å². The average molecular weight is 240 g/mol. The summed E-state index contributed by atoms with van der Waals surface area (Å²) < 4.78 is 0. The summed E-state index contributed by atoms with van der Waals surface area (Å²) in [5.74, 6) is 0.769. The number of piperidine rings is 1. The number of alkyl halides is 1. The standard InChI is InChI=1S/C13H18ClNO/c14-8-12-10-15(7-6-13(12)16)9-11-4-2-1-3-5-11/h1-5,12-13,16H,6-10H2/t12-,13-/m1/s1. The van der Waals surface area contributed by atoms with Gasteiger partial charge in [0.25, 0.3) is 0 Å². The minimum Gasteiger partial charge on any atom is -0.393 e. The molecule has 1 N–H and O–H groups in total. The Bertz CT molecular complexity index is 317. The first-order chi connectivity index (χ1) is 7.79. The predicted octanol–water partition coefficient (Wildman–Crippen LogP) is 2.11. The third kappa shape index (κ3) is 2.97. The van der Waals surface area contributed by atoms with Gasteiger partial charge in [-0.1, -0.05) is 30.3 Å². The number of likely N-dealkylation sites (tertiary alicyclic amines) is 1. The van der Waals surface area contributed by atoms with Crippen molar-refractivity contribution in [1.29, 1.82) is 0 Å². The van der Waals surface area contributed by atoms with Gasteiger partial charge in [-0.15, -0.1) is 11.6 Å². The molecule has 1 aliphatic heterocycles. The van der Waals surface area contributed by atoms with E-state index in [1.807, 2.05) is 6.07 Å². The van der Waals surface area contributed by atoms with Crippen LogP contribution in [0.25, 0.3) is 0 Å². The molecule has 1 aliphatic rings. The van der Waals surface area contributed by atoms with E-state index in [9.17, 15) is 5.11 Å². The van der Waals surface area contributed by atoms with Gasteiger partial charge in [0.1, 0.15) is 0 Å². The summed E-state index contributed by atoms with van der Waals surface area (Å²) in [4.78, 5) is 2.37. The lowest BCUT2D eigenvalue weighted by Gasteiger charge is -2.35. The second-order valence-electron chi connectivity index (χ2n) is 4.49. The van der Waals surface area contributed by atoms with E-state index < -0.39 is 0 Å². The molecule has 1 aromatic carbocycles. The predicted molar refractivity (Wildman–Crippen MR) is 66.6 cm³/mol. The second kappa shape index (κ2) is 5.67. The van der Waals surface area contributed by atoms with E-state index in [-0.39, 0.29) is 12.0 Å². The fourth-order valence-corrected chi connectivity index (χ4v) is 2.54. The molecule has 2 rings (SSSR count). The van der Waals surface area contributed by atoms with E-state index in [0.717, 1.165) is 26.1 Å². The minimum absolute atomic E-state index is 0.218. The molecule has 0 spiro atoms. The normalized spacial score (nSPS) is 26.9. The molecule has 1 aromatic rings. The van der Waals surface area contributed by atoms with Crippen LogP contribution in [0.3, 0.4) is 0 Å². The Labute approximate surface area is 102 Å². The molecule has 0 radical (unpaired) electrons. The number of rotatable bonds is 3. The molecule has 1 saturated heterocycles. The average Bonchev–Trinajstić information content (AvgIpc) is 2.33. The smallest absolute Gasteiger partial charge is 0.0604 e. The monoisotopic (exact) mass is 239 g/mol. The number of halogens is 1. The largest absolute Gasteiger partial charge is 0.393 e. The van der Waals surface area contributed by atoms with Gasteiger partial charge in [0.05, 0.1) is 6.10 Å². The van der Waals surface area contributed by atoms with Crippen LogP contribution in [0.4, 0.5) is 0 Å². The maximum absolute atomic E-state index is 9.74. The molecule has 0 unspecified atom stereocenters. The van der Waals surface area contributed by atoms with Crippen LogP contribution in [-0.4, -0.2) is 35.1 Å². The van der Waals surface area contributed by atoms with Crippen molar-refractivity contribution in [2.75, 3.05) is 19.0 Å². The third-order valence-electron chi connectivity index (χ3n) is 3.23. The lowest BCUT2D eigenvalue weighted by molar-refractivity contribution is 0.0335. The van der Waals surface area contributed by atoms with Gasteiger partial charge in [-0.2, -0.15) is 0 Å². The van der Waals surface area contributed by atoms with Crippen LogP contribution in [0.2, 0.25) is 0 Å². The number of hydrogen-bond acceptors (Lipinski definition) is 2. The summed E-state index contributed by atoms with van der Waals surface area (Å²) in [5.41, 5.74) is 1.33. The molecule has 2 nitrogen and oxygen atoms in total. The first kappa shape index (κ1) is 11.9. The van der Waals surface area contributed by atoms with Crippen LogP contribution in [0.5, 0.6) is 0 Å². The third-order valence-corrected chi connectivity index (χ3v) is 3.62. The molecule has 16 heavy (non-hydrogen) atoms. The van der Waals surface area contributed by atoms with Crippen LogP contribution in [0, 0.1) is 5.92 Å². The minimum atomic E-state index is -0.218. The zero-order valence-electron chi connectivity index (χ0n) is 9.35. The lowest BCUT2D eigenvalue weighted by atomic mass is 9.96. The summed E-state index contributed by atoms with van der Waals surface area (Å²) >= 11 is 5.86. The first-order valence-corrected chi connectivity index (χ1v) is 6.33. The van der Waals surface area contributed by atoms with Gasteiger partial charge in [0.2, 0.25) is 0 Å². The molecular weight excluding hydrogens is 222 g/mol. The quantitative estimate of drug-likeness (QED) is 0.817. The van der Waals surface area contributed by atoms with Gasteiger partial charge in [-0.3, -0.25) is 4.90 Å². The van der Waals surface area contributed by atoms with Gasteiger partial charge in [0.15, 0.2) is 0 Å². The van der Waals surface area contributed by atoms with Crippen LogP contribution in [-0.2, 0) is 6.54 Å². The van der Waals surface area contributed by atoms with Gasteiger partial charge < -0.3 is 5.11 Å². The van der Waals surface area contributed by atoms with Crippen molar-refractivity contribution in [2.45, 2.75) is 19.1 Å². The summed E-state index contributed by atoms with van der Waals surface area (Å²) in [5, 5.41) is 9.74. The van der Waals surface area contributed by atoms with Crippen LogP contribution >= 0.6 is 11.6 Å².